The van der Waals surface area contributed by atoms with E-state index in [2.05, 4.69) is 37.1 Å². The molecule has 1 rings (SSSR count). The molecule has 0 bridgehead atoms. The van der Waals surface area contributed by atoms with Crippen molar-refractivity contribution in [2.45, 2.75) is 58.5 Å². The van der Waals surface area contributed by atoms with Crippen LogP contribution in [-0.4, -0.2) is 36.6 Å². The lowest BCUT2D eigenvalue weighted by molar-refractivity contribution is 0.268. The van der Waals surface area contributed by atoms with Crippen molar-refractivity contribution in [2.75, 3.05) is 19.6 Å². The maximum absolute atomic E-state index is 9.07. The Morgan fingerprint density at radius 1 is 1.35 bits per heavy atom. The maximum Gasteiger partial charge on any atom is 0.0967 e. The molecule has 0 aromatic carbocycles. The first-order chi connectivity index (χ1) is 8.11. The summed E-state index contributed by atoms with van der Waals surface area (Å²) in [7, 11) is 0. The van der Waals surface area contributed by atoms with E-state index in [9.17, 15) is 0 Å². The summed E-state index contributed by atoms with van der Waals surface area (Å²) in [5, 5.41) is 12.4. The average molecular weight is 237 g/mol. The Hall–Kier alpha value is -0.590. The standard InChI is InChI=1S/C14H27N3/c1-12(2)16-14(11-15)7-10-17-8-4-5-13(3)6-9-17/h12-14,16H,4-10H2,1-3H3. The van der Waals surface area contributed by atoms with Gasteiger partial charge in [0.15, 0.2) is 0 Å². The molecule has 1 aliphatic rings. The van der Waals surface area contributed by atoms with Crippen LogP contribution in [-0.2, 0) is 0 Å². The van der Waals surface area contributed by atoms with E-state index in [4.69, 9.17) is 5.26 Å². The molecule has 1 aliphatic heterocycles. The predicted octanol–water partition coefficient (Wildman–Crippen LogP) is 2.39. The first kappa shape index (κ1) is 14.5. The quantitative estimate of drug-likeness (QED) is 0.798. The van der Waals surface area contributed by atoms with Crippen molar-refractivity contribution < 1.29 is 0 Å². The van der Waals surface area contributed by atoms with Crippen LogP contribution < -0.4 is 5.32 Å². The molecule has 98 valence electrons. The maximum atomic E-state index is 9.07. The Morgan fingerprint density at radius 2 is 2.12 bits per heavy atom. The van der Waals surface area contributed by atoms with Crippen molar-refractivity contribution in [3.8, 4) is 6.07 Å². The highest BCUT2D eigenvalue weighted by Gasteiger charge is 2.15. The van der Waals surface area contributed by atoms with E-state index in [1.165, 1.54) is 32.4 Å². The molecule has 17 heavy (non-hydrogen) atoms. The van der Waals surface area contributed by atoms with Gasteiger partial charge in [0.2, 0.25) is 0 Å². The number of hydrogen-bond donors (Lipinski definition) is 1. The van der Waals surface area contributed by atoms with Crippen molar-refractivity contribution in [3.63, 3.8) is 0 Å². The minimum absolute atomic E-state index is 0.00989. The number of nitrogens with one attached hydrogen (secondary N) is 1. The third kappa shape index (κ3) is 6.05. The molecule has 2 atom stereocenters. The second-order valence-electron chi connectivity index (χ2n) is 5.67. The van der Waals surface area contributed by atoms with Crippen LogP contribution in [0.4, 0.5) is 0 Å². The zero-order chi connectivity index (χ0) is 12.7. The summed E-state index contributed by atoms with van der Waals surface area (Å²) in [6, 6.07) is 2.76. The largest absolute Gasteiger partial charge is 0.303 e. The number of rotatable bonds is 5. The summed E-state index contributed by atoms with van der Waals surface area (Å²) in [5.41, 5.74) is 0. The normalized spacial score (nSPS) is 24.3. The fourth-order valence-electron chi connectivity index (χ4n) is 2.45. The zero-order valence-corrected chi connectivity index (χ0v) is 11.6. The molecule has 0 aromatic rings. The van der Waals surface area contributed by atoms with Gasteiger partial charge in [-0.2, -0.15) is 5.26 Å². The summed E-state index contributed by atoms with van der Waals surface area (Å²) in [6.45, 7) is 10.0. The Bertz CT molecular complexity index is 244. The Kier molecular flexibility index (Phi) is 6.54. The van der Waals surface area contributed by atoms with Crippen LogP contribution in [0.5, 0.6) is 0 Å². The smallest absolute Gasteiger partial charge is 0.0967 e. The minimum Gasteiger partial charge on any atom is -0.303 e. The van der Waals surface area contributed by atoms with Crippen molar-refractivity contribution in [2.24, 2.45) is 5.92 Å². The van der Waals surface area contributed by atoms with Crippen molar-refractivity contribution in [1.29, 1.82) is 5.26 Å². The molecule has 2 unspecified atom stereocenters. The van der Waals surface area contributed by atoms with Crippen molar-refractivity contribution in [1.82, 2.24) is 10.2 Å². The SMILES string of the molecule is CC1CCCN(CCC(C#N)NC(C)C)CC1. The van der Waals surface area contributed by atoms with E-state index < -0.39 is 0 Å². The molecular formula is C14H27N3. The molecule has 0 spiro atoms. The van der Waals surface area contributed by atoms with Gasteiger partial charge >= 0.3 is 0 Å². The van der Waals surface area contributed by atoms with Gasteiger partial charge in [-0.1, -0.05) is 6.92 Å². The van der Waals surface area contributed by atoms with Gasteiger partial charge in [0.1, 0.15) is 0 Å². The van der Waals surface area contributed by atoms with Crippen LogP contribution in [0.1, 0.15) is 46.5 Å². The molecule has 0 aliphatic carbocycles. The van der Waals surface area contributed by atoms with Gasteiger partial charge in [0.05, 0.1) is 12.1 Å². The van der Waals surface area contributed by atoms with Crippen molar-refractivity contribution >= 4 is 0 Å². The first-order valence-corrected chi connectivity index (χ1v) is 7.00. The lowest BCUT2D eigenvalue weighted by Crippen LogP contribution is -2.37. The van der Waals surface area contributed by atoms with Gasteiger partial charge in [0.25, 0.3) is 0 Å². The van der Waals surface area contributed by atoms with E-state index in [-0.39, 0.29) is 6.04 Å². The monoisotopic (exact) mass is 237 g/mol. The number of likely N-dealkylation sites (tertiary alicyclic amines) is 1. The topological polar surface area (TPSA) is 39.1 Å². The molecule has 0 aromatic heterocycles. The third-order valence-corrected chi connectivity index (χ3v) is 3.53. The van der Waals surface area contributed by atoms with E-state index in [0.717, 1.165) is 18.9 Å². The van der Waals surface area contributed by atoms with Gasteiger partial charge in [-0.05, 0) is 58.5 Å². The lowest BCUT2D eigenvalue weighted by atomic mass is 10.0. The molecule has 0 radical (unpaired) electrons. The number of nitrogens with zero attached hydrogens (tertiary/aromatic N) is 2. The van der Waals surface area contributed by atoms with E-state index >= 15 is 0 Å². The van der Waals surface area contributed by atoms with Gasteiger partial charge < -0.3 is 4.90 Å². The minimum atomic E-state index is 0.00989. The van der Waals surface area contributed by atoms with E-state index in [0.29, 0.717) is 6.04 Å². The summed E-state index contributed by atoms with van der Waals surface area (Å²) in [4.78, 5) is 2.52. The average Bonchev–Trinajstić information content (AvgIpc) is 2.49. The molecule has 1 saturated heterocycles. The van der Waals surface area contributed by atoms with Crippen LogP contribution in [0.3, 0.4) is 0 Å². The molecule has 1 fully saturated rings. The highest BCUT2D eigenvalue weighted by Crippen LogP contribution is 2.16. The fourth-order valence-corrected chi connectivity index (χ4v) is 2.45. The molecule has 0 saturated carbocycles. The van der Waals surface area contributed by atoms with E-state index in [1.807, 2.05) is 0 Å². The zero-order valence-electron chi connectivity index (χ0n) is 11.6. The lowest BCUT2D eigenvalue weighted by Gasteiger charge is -2.22. The number of nitriles is 1. The van der Waals surface area contributed by atoms with Crippen LogP contribution in [0.15, 0.2) is 0 Å². The van der Waals surface area contributed by atoms with E-state index in [1.54, 1.807) is 0 Å². The van der Waals surface area contributed by atoms with Gasteiger partial charge in [-0.25, -0.2) is 0 Å². The van der Waals surface area contributed by atoms with Crippen LogP contribution >= 0.6 is 0 Å². The second kappa shape index (κ2) is 7.68. The molecule has 3 nitrogen and oxygen atoms in total. The highest BCUT2D eigenvalue weighted by atomic mass is 15.1. The first-order valence-electron chi connectivity index (χ1n) is 7.00. The fraction of sp³-hybridized carbons (Fsp3) is 0.929. The summed E-state index contributed by atoms with van der Waals surface area (Å²) in [6.07, 6.45) is 4.94. The van der Waals surface area contributed by atoms with Gasteiger partial charge in [0, 0.05) is 12.6 Å². The molecule has 0 amide bonds. The third-order valence-electron chi connectivity index (χ3n) is 3.53. The van der Waals surface area contributed by atoms with Crippen molar-refractivity contribution in [3.05, 3.63) is 0 Å². The molecular weight excluding hydrogens is 210 g/mol. The van der Waals surface area contributed by atoms with Crippen LogP contribution in [0.25, 0.3) is 0 Å². The molecule has 1 heterocycles. The van der Waals surface area contributed by atoms with Crippen LogP contribution in [0.2, 0.25) is 0 Å². The summed E-state index contributed by atoms with van der Waals surface area (Å²) >= 11 is 0. The summed E-state index contributed by atoms with van der Waals surface area (Å²) in [5.74, 6) is 0.876. The summed E-state index contributed by atoms with van der Waals surface area (Å²) < 4.78 is 0. The van der Waals surface area contributed by atoms with Crippen LogP contribution in [0, 0.1) is 17.2 Å². The van der Waals surface area contributed by atoms with Gasteiger partial charge in [-0.3, -0.25) is 5.32 Å². The Labute approximate surface area is 106 Å². The molecule has 3 heteroatoms. The Morgan fingerprint density at radius 3 is 2.76 bits per heavy atom. The highest BCUT2D eigenvalue weighted by molar-refractivity contribution is 4.91. The molecule has 1 N–H and O–H groups in total. The van der Waals surface area contributed by atoms with Gasteiger partial charge in [-0.15, -0.1) is 0 Å². The second-order valence-corrected chi connectivity index (χ2v) is 5.67. The predicted molar refractivity (Wildman–Crippen MR) is 71.7 cm³/mol. The Balaban J connectivity index is 2.26. The number of hydrogen-bond acceptors (Lipinski definition) is 3.